The second kappa shape index (κ2) is 6.04. The summed E-state index contributed by atoms with van der Waals surface area (Å²) >= 11 is 5.68. The molecule has 0 saturated carbocycles. The number of aryl methyl sites for hydroxylation is 1. The first kappa shape index (κ1) is 13.8. The highest BCUT2D eigenvalue weighted by molar-refractivity contribution is 6.30. The zero-order valence-electron chi connectivity index (χ0n) is 10.7. The molecule has 2 aromatic carbocycles. The van der Waals surface area contributed by atoms with Crippen molar-refractivity contribution in [1.29, 1.82) is 0 Å². The van der Waals surface area contributed by atoms with Crippen LogP contribution in [0.1, 0.15) is 17.2 Å². The molecule has 4 heteroatoms. The Morgan fingerprint density at radius 3 is 2.47 bits per heavy atom. The molecule has 0 aliphatic heterocycles. The monoisotopic (exact) mass is 278 g/mol. The van der Waals surface area contributed by atoms with Crippen LogP contribution in [0.5, 0.6) is 0 Å². The molecular formula is C15H16ClFN2. The van der Waals surface area contributed by atoms with Gasteiger partial charge in [0.2, 0.25) is 0 Å². The molecule has 2 rings (SSSR count). The van der Waals surface area contributed by atoms with Crippen molar-refractivity contribution < 1.29 is 4.39 Å². The van der Waals surface area contributed by atoms with E-state index in [-0.39, 0.29) is 11.1 Å². The van der Waals surface area contributed by atoms with E-state index in [1.165, 1.54) is 11.6 Å². The maximum absolute atomic E-state index is 13.5. The van der Waals surface area contributed by atoms with Crippen molar-refractivity contribution in [3.8, 4) is 0 Å². The predicted octanol–water partition coefficient (Wildman–Crippen LogP) is 3.90. The van der Waals surface area contributed by atoms with E-state index in [1.54, 1.807) is 12.1 Å². The maximum atomic E-state index is 13.5. The lowest BCUT2D eigenvalue weighted by atomic mass is 10.1. The minimum atomic E-state index is -0.427. The summed E-state index contributed by atoms with van der Waals surface area (Å²) in [6.07, 6.45) is 0. The van der Waals surface area contributed by atoms with Crippen molar-refractivity contribution in [2.75, 3.05) is 11.9 Å². The van der Waals surface area contributed by atoms with Crippen molar-refractivity contribution in [3.05, 3.63) is 64.4 Å². The van der Waals surface area contributed by atoms with E-state index in [0.717, 1.165) is 11.3 Å². The largest absolute Gasteiger partial charge is 0.377 e. The van der Waals surface area contributed by atoms with Gasteiger partial charge in [-0.1, -0.05) is 35.4 Å². The molecule has 0 spiro atoms. The van der Waals surface area contributed by atoms with Gasteiger partial charge < -0.3 is 11.1 Å². The molecule has 0 saturated heterocycles. The summed E-state index contributed by atoms with van der Waals surface area (Å²) in [6, 6.07) is 12.6. The van der Waals surface area contributed by atoms with Crippen molar-refractivity contribution in [2.24, 2.45) is 5.73 Å². The van der Waals surface area contributed by atoms with Crippen LogP contribution in [0.3, 0.4) is 0 Å². The Balaban J connectivity index is 2.19. The first-order chi connectivity index (χ1) is 9.10. The van der Waals surface area contributed by atoms with Gasteiger partial charge in [-0.25, -0.2) is 4.39 Å². The van der Waals surface area contributed by atoms with Gasteiger partial charge in [0, 0.05) is 12.2 Å². The number of halogens is 2. The zero-order valence-corrected chi connectivity index (χ0v) is 11.4. The molecule has 0 heterocycles. The molecule has 3 N–H and O–H groups in total. The lowest BCUT2D eigenvalue weighted by Crippen LogP contribution is -2.20. The molecule has 0 bridgehead atoms. The highest BCUT2D eigenvalue weighted by Gasteiger charge is 2.11. The van der Waals surface area contributed by atoms with Crippen LogP contribution in [-0.4, -0.2) is 6.54 Å². The highest BCUT2D eigenvalue weighted by atomic mass is 35.5. The van der Waals surface area contributed by atoms with Crippen LogP contribution in [0.4, 0.5) is 10.1 Å². The van der Waals surface area contributed by atoms with Crippen molar-refractivity contribution in [3.63, 3.8) is 0 Å². The van der Waals surface area contributed by atoms with E-state index in [2.05, 4.69) is 5.32 Å². The molecule has 2 nitrogen and oxygen atoms in total. The zero-order chi connectivity index (χ0) is 13.8. The third-order valence-corrected chi connectivity index (χ3v) is 3.28. The average Bonchev–Trinajstić information content (AvgIpc) is 2.41. The SMILES string of the molecule is Cc1ccc(NC(CN)c2ccc(Cl)c(F)c2)cc1. The van der Waals surface area contributed by atoms with Crippen LogP contribution in [0.2, 0.25) is 5.02 Å². The van der Waals surface area contributed by atoms with Gasteiger partial charge in [0.05, 0.1) is 11.1 Å². The van der Waals surface area contributed by atoms with E-state index in [0.29, 0.717) is 6.54 Å². The summed E-state index contributed by atoms with van der Waals surface area (Å²) in [6.45, 7) is 2.40. The van der Waals surface area contributed by atoms with Gasteiger partial charge in [-0.15, -0.1) is 0 Å². The first-order valence-electron chi connectivity index (χ1n) is 6.08. The maximum Gasteiger partial charge on any atom is 0.142 e. The highest BCUT2D eigenvalue weighted by Crippen LogP contribution is 2.23. The number of hydrogen-bond donors (Lipinski definition) is 2. The fourth-order valence-electron chi connectivity index (χ4n) is 1.86. The summed E-state index contributed by atoms with van der Waals surface area (Å²) in [5, 5.41) is 3.40. The summed E-state index contributed by atoms with van der Waals surface area (Å²) in [5.41, 5.74) is 8.68. The molecule has 1 unspecified atom stereocenters. The Morgan fingerprint density at radius 1 is 1.21 bits per heavy atom. The standard InChI is InChI=1S/C15H16ClFN2/c1-10-2-5-12(6-3-10)19-15(9-18)11-4-7-13(16)14(17)8-11/h2-8,15,19H,9,18H2,1H3. The summed E-state index contributed by atoms with van der Waals surface area (Å²) < 4.78 is 13.5. The lowest BCUT2D eigenvalue weighted by molar-refractivity contribution is 0.623. The van der Waals surface area contributed by atoms with Crippen LogP contribution in [0.25, 0.3) is 0 Å². The number of nitrogens with two attached hydrogens (primary N) is 1. The van der Waals surface area contributed by atoms with Gasteiger partial charge in [0.1, 0.15) is 5.82 Å². The molecular weight excluding hydrogens is 263 g/mol. The number of hydrogen-bond acceptors (Lipinski definition) is 2. The van der Waals surface area contributed by atoms with Gasteiger partial charge in [-0.3, -0.25) is 0 Å². The van der Waals surface area contributed by atoms with E-state index in [9.17, 15) is 4.39 Å². The van der Waals surface area contributed by atoms with Gasteiger partial charge in [0.15, 0.2) is 0 Å². The van der Waals surface area contributed by atoms with Crippen LogP contribution in [0, 0.1) is 12.7 Å². The molecule has 0 amide bonds. The molecule has 1 atom stereocenters. The second-order valence-electron chi connectivity index (χ2n) is 4.47. The fraction of sp³-hybridized carbons (Fsp3) is 0.200. The van der Waals surface area contributed by atoms with Gasteiger partial charge in [-0.2, -0.15) is 0 Å². The molecule has 0 aliphatic rings. The Bertz CT molecular complexity index is 555. The molecule has 0 fully saturated rings. The summed E-state index contributed by atoms with van der Waals surface area (Å²) in [4.78, 5) is 0. The number of nitrogens with one attached hydrogen (secondary N) is 1. The van der Waals surface area contributed by atoms with Crippen molar-refractivity contribution in [2.45, 2.75) is 13.0 Å². The molecule has 0 radical (unpaired) electrons. The van der Waals surface area contributed by atoms with Crippen LogP contribution < -0.4 is 11.1 Å². The van der Waals surface area contributed by atoms with E-state index in [4.69, 9.17) is 17.3 Å². The fourth-order valence-corrected chi connectivity index (χ4v) is 1.98. The Morgan fingerprint density at radius 2 is 1.89 bits per heavy atom. The predicted molar refractivity (Wildman–Crippen MR) is 78.0 cm³/mol. The van der Waals surface area contributed by atoms with Crippen molar-refractivity contribution >= 4 is 17.3 Å². The lowest BCUT2D eigenvalue weighted by Gasteiger charge is -2.19. The third kappa shape index (κ3) is 3.46. The summed E-state index contributed by atoms with van der Waals surface area (Å²) in [7, 11) is 0. The van der Waals surface area contributed by atoms with E-state index < -0.39 is 5.82 Å². The van der Waals surface area contributed by atoms with E-state index in [1.807, 2.05) is 31.2 Å². The summed E-state index contributed by atoms with van der Waals surface area (Å²) in [5.74, 6) is -0.427. The first-order valence-corrected chi connectivity index (χ1v) is 6.46. The number of rotatable bonds is 4. The second-order valence-corrected chi connectivity index (χ2v) is 4.88. The third-order valence-electron chi connectivity index (χ3n) is 2.97. The molecule has 0 aromatic heterocycles. The number of anilines is 1. The number of benzene rings is 2. The Kier molecular flexibility index (Phi) is 4.40. The smallest absolute Gasteiger partial charge is 0.142 e. The van der Waals surface area contributed by atoms with Gasteiger partial charge in [-0.05, 0) is 36.8 Å². The topological polar surface area (TPSA) is 38.0 Å². The van der Waals surface area contributed by atoms with Crippen LogP contribution in [0.15, 0.2) is 42.5 Å². The van der Waals surface area contributed by atoms with Crippen LogP contribution in [-0.2, 0) is 0 Å². The minimum Gasteiger partial charge on any atom is -0.377 e. The quantitative estimate of drug-likeness (QED) is 0.890. The normalized spacial score (nSPS) is 12.2. The van der Waals surface area contributed by atoms with Crippen molar-refractivity contribution in [1.82, 2.24) is 0 Å². The molecule has 2 aromatic rings. The Hall–Kier alpha value is -1.58. The van der Waals surface area contributed by atoms with Gasteiger partial charge >= 0.3 is 0 Å². The average molecular weight is 279 g/mol. The van der Waals surface area contributed by atoms with Gasteiger partial charge in [0.25, 0.3) is 0 Å². The minimum absolute atomic E-state index is 0.120. The molecule has 19 heavy (non-hydrogen) atoms. The Labute approximate surface area is 117 Å². The molecule has 0 aliphatic carbocycles. The van der Waals surface area contributed by atoms with Crippen LogP contribution >= 0.6 is 11.6 Å². The van der Waals surface area contributed by atoms with E-state index >= 15 is 0 Å². The molecule has 100 valence electrons.